The van der Waals surface area contributed by atoms with Crippen molar-refractivity contribution in [2.45, 2.75) is 25.3 Å². The summed E-state index contributed by atoms with van der Waals surface area (Å²) < 4.78 is 6.50. The molecule has 1 heterocycles. The Hall–Kier alpha value is -1.30. The van der Waals surface area contributed by atoms with Gasteiger partial charge in [0.2, 0.25) is 0 Å². The van der Waals surface area contributed by atoms with Crippen LogP contribution in [0.25, 0.3) is 0 Å². The summed E-state index contributed by atoms with van der Waals surface area (Å²) in [6.45, 7) is 2.83. The van der Waals surface area contributed by atoms with Crippen molar-refractivity contribution in [2.75, 3.05) is 39.2 Å². The third kappa shape index (κ3) is 6.59. The Morgan fingerprint density at radius 1 is 1.07 bits per heavy atom. The van der Waals surface area contributed by atoms with Crippen molar-refractivity contribution >= 4 is 34.8 Å². The van der Waals surface area contributed by atoms with Gasteiger partial charge < -0.3 is 26.9 Å². The highest BCUT2D eigenvalue weighted by atomic mass is 35.5. The van der Waals surface area contributed by atoms with E-state index < -0.39 is 0 Å². The lowest BCUT2D eigenvalue weighted by Crippen LogP contribution is -3.00. The molecule has 7 heteroatoms. The summed E-state index contributed by atoms with van der Waals surface area (Å²) in [6, 6.07) is 13.6. The zero-order chi connectivity index (χ0) is 20.1. The fraction of sp³-hybridized carbons (Fsp3) is 0.409. The topological polar surface area (TPSA) is 38.3 Å². The number of anilines is 1. The Morgan fingerprint density at radius 3 is 2.34 bits per heavy atom. The lowest BCUT2D eigenvalue weighted by Gasteiger charge is -2.40. The first-order chi connectivity index (χ1) is 13.3. The second-order valence-corrected chi connectivity index (χ2v) is 8.69. The van der Waals surface area contributed by atoms with E-state index in [0.29, 0.717) is 21.7 Å². The molecule has 1 aliphatic heterocycles. The van der Waals surface area contributed by atoms with Gasteiger partial charge in [-0.2, -0.15) is 0 Å². The number of quaternary nitrogens is 1. The van der Waals surface area contributed by atoms with Gasteiger partial charge in [-0.25, -0.2) is 0 Å². The maximum atomic E-state index is 12.4. The number of nitrogens with zero attached hydrogens (tertiary/aromatic N) is 1. The summed E-state index contributed by atoms with van der Waals surface area (Å²) in [5, 5.41) is 3.70. The van der Waals surface area contributed by atoms with Gasteiger partial charge in [-0.3, -0.25) is 4.79 Å². The fourth-order valence-corrected chi connectivity index (χ4v) is 3.88. The molecule has 0 atom stereocenters. The Balaban J connectivity index is 0.00000300. The van der Waals surface area contributed by atoms with Crippen LogP contribution in [-0.2, 0) is 11.2 Å². The maximum absolute atomic E-state index is 12.4. The van der Waals surface area contributed by atoms with E-state index in [0.717, 1.165) is 49.2 Å². The van der Waals surface area contributed by atoms with Crippen LogP contribution in [0.1, 0.15) is 28.8 Å². The maximum Gasteiger partial charge on any atom is 0.255 e. The highest BCUT2D eigenvalue weighted by molar-refractivity contribution is 6.42. The van der Waals surface area contributed by atoms with Gasteiger partial charge in [0, 0.05) is 30.5 Å². The van der Waals surface area contributed by atoms with Gasteiger partial charge in [-0.1, -0.05) is 35.3 Å². The van der Waals surface area contributed by atoms with Gasteiger partial charge in [0.05, 0.1) is 49.9 Å². The van der Waals surface area contributed by atoms with Crippen molar-refractivity contribution < 1.29 is 26.4 Å². The van der Waals surface area contributed by atoms with Crippen LogP contribution in [-0.4, -0.2) is 50.3 Å². The summed E-state index contributed by atoms with van der Waals surface area (Å²) >= 11 is 11.9. The van der Waals surface area contributed by atoms with Crippen LogP contribution in [0.4, 0.5) is 5.69 Å². The summed E-state index contributed by atoms with van der Waals surface area (Å²) in [4.78, 5) is 12.4. The van der Waals surface area contributed by atoms with Crippen LogP contribution >= 0.6 is 23.2 Å². The number of hydrogen-bond donors (Lipinski definition) is 1. The van der Waals surface area contributed by atoms with Crippen molar-refractivity contribution in [3.63, 3.8) is 0 Å². The minimum Gasteiger partial charge on any atom is -1.00 e. The van der Waals surface area contributed by atoms with Gasteiger partial charge in [0.1, 0.15) is 0 Å². The number of ether oxygens (including phenoxy) is 1. The van der Waals surface area contributed by atoms with Crippen molar-refractivity contribution in [2.24, 2.45) is 0 Å². The van der Waals surface area contributed by atoms with Gasteiger partial charge >= 0.3 is 0 Å². The molecule has 158 valence electrons. The lowest BCUT2D eigenvalue weighted by atomic mass is 10.0. The van der Waals surface area contributed by atoms with E-state index in [4.69, 9.17) is 27.9 Å². The molecule has 3 rings (SSSR count). The standard InChI is InChI=1S/C22H26Cl2N2O2.ClH/c1-26(2,19-10-13-28-14-11-19)12-9-16-3-6-18(7-4-16)25-22(27)17-5-8-20(23)21(24)15-17;/h3-8,15,19H,9-14H2,1-2H3;1H. The average molecular weight is 458 g/mol. The van der Waals surface area contributed by atoms with E-state index in [9.17, 15) is 4.79 Å². The van der Waals surface area contributed by atoms with Crippen molar-refractivity contribution in [1.29, 1.82) is 0 Å². The number of rotatable bonds is 6. The number of nitrogens with one attached hydrogen (secondary N) is 1. The molecule has 0 spiro atoms. The number of carbonyl (C=O) groups excluding carboxylic acids is 1. The number of benzene rings is 2. The third-order valence-electron chi connectivity index (χ3n) is 5.55. The first-order valence-electron chi connectivity index (χ1n) is 9.61. The van der Waals surface area contributed by atoms with Gasteiger partial charge in [-0.15, -0.1) is 0 Å². The Kier molecular flexibility index (Phi) is 8.80. The van der Waals surface area contributed by atoms with Crippen molar-refractivity contribution in [3.8, 4) is 0 Å². The Bertz CT molecular complexity index is 819. The molecule has 2 aromatic rings. The lowest BCUT2D eigenvalue weighted by molar-refractivity contribution is -0.916. The number of likely N-dealkylation sites (N-methyl/N-ethyl adjacent to an activating group) is 1. The molecule has 1 fully saturated rings. The summed E-state index contributed by atoms with van der Waals surface area (Å²) in [6.07, 6.45) is 3.27. The second-order valence-electron chi connectivity index (χ2n) is 7.88. The van der Waals surface area contributed by atoms with Crippen LogP contribution in [0.3, 0.4) is 0 Å². The van der Waals surface area contributed by atoms with E-state index in [1.54, 1.807) is 18.2 Å². The third-order valence-corrected chi connectivity index (χ3v) is 6.29. The first kappa shape index (κ1) is 24.0. The summed E-state index contributed by atoms with van der Waals surface area (Å²) in [7, 11) is 4.61. The largest absolute Gasteiger partial charge is 1.00 e. The zero-order valence-corrected chi connectivity index (χ0v) is 19.0. The van der Waals surface area contributed by atoms with Crippen LogP contribution < -0.4 is 17.7 Å². The van der Waals surface area contributed by atoms with E-state index in [2.05, 4.69) is 31.5 Å². The molecular formula is C22H27Cl3N2O2. The molecular weight excluding hydrogens is 431 g/mol. The average Bonchev–Trinajstić information content (AvgIpc) is 2.70. The predicted molar refractivity (Wildman–Crippen MR) is 115 cm³/mol. The van der Waals surface area contributed by atoms with Crippen LogP contribution in [0, 0.1) is 0 Å². The molecule has 1 aliphatic rings. The van der Waals surface area contributed by atoms with Crippen LogP contribution in [0.15, 0.2) is 42.5 Å². The molecule has 2 aromatic carbocycles. The fourth-order valence-electron chi connectivity index (χ4n) is 3.58. The Labute approximate surface area is 189 Å². The normalized spacial score (nSPS) is 14.9. The van der Waals surface area contributed by atoms with E-state index in [-0.39, 0.29) is 18.3 Å². The molecule has 0 aliphatic carbocycles. The second kappa shape index (κ2) is 10.6. The minimum absolute atomic E-state index is 0. The molecule has 0 unspecified atom stereocenters. The SMILES string of the molecule is C[N+](C)(CCc1ccc(NC(=O)c2ccc(Cl)c(Cl)c2)cc1)C1CCOCC1.[Cl-]. The molecule has 0 aromatic heterocycles. The van der Waals surface area contributed by atoms with Crippen LogP contribution in [0.5, 0.6) is 0 Å². The molecule has 4 nitrogen and oxygen atoms in total. The smallest absolute Gasteiger partial charge is 0.255 e. The highest BCUT2D eigenvalue weighted by Crippen LogP contribution is 2.23. The molecule has 0 radical (unpaired) electrons. The van der Waals surface area contributed by atoms with Crippen LogP contribution in [0.2, 0.25) is 10.0 Å². The number of carbonyl (C=O) groups is 1. The molecule has 1 amide bonds. The van der Waals surface area contributed by atoms with Crippen molar-refractivity contribution in [3.05, 3.63) is 63.6 Å². The molecule has 29 heavy (non-hydrogen) atoms. The quantitative estimate of drug-likeness (QED) is 0.674. The molecule has 0 bridgehead atoms. The first-order valence-corrected chi connectivity index (χ1v) is 10.4. The van der Waals surface area contributed by atoms with Crippen molar-refractivity contribution in [1.82, 2.24) is 0 Å². The Morgan fingerprint density at radius 2 is 1.72 bits per heavy atom. The zero-order valence-electron chi connectivity index (χ0n) is 16.8. The summed E-state index contributed by atoms with van der Waals surface area (Å²) in [5.74, 6) is -0.205. The number of halogens is 3. The number of hydrogen-bond acceptors (Lipinski definition) is 2. The van der Waals surface area contributed by atoms with E-state index >= 15 is 0 Å². The van der Waals surface area contributed by atoms with E-state index in [1.165, 1.54) is 5.56 Å². The van der Waals surface area contributed by atoms with Gasteiger partial charge in [0.15, 0.2) is 0 Å². The minimum atomic E-state index is -0.205. The van der Waals surface area contributed by atoms with E-state index in [1.807, 2.05) is 12.1 Å². The number of amides is 1. The summed E-state index contributed by atoms with van der Waals surface area (Å²) in [5.41, 5.74) is 2.51. The van der Waals surface area contributed by atoms with Gasteiger partial charge in [-0.05, 0) is 35.9 Å². The monoisotopic (exact) mass is 456 g/mol. The molecule has 1 N–H and O–H groups in total. The highest BCUT2D eigenvalue weighted by Gasteiger charge is 2.29. The molecule has 1 saturated heterocycles. The predicted octanol–water partition coefficient (Wildman–Crippen LogP) is 2.05. The molecule has 0 saturated carbocycles. The van der Waals surface area contributed by atoms with Gasteiger partial charge in [0.25, 0.3) is 5.91 Å².